The number of imidazole rings is 1. The number of nitrogens with two attached hydrogens (primary N) is 1. The van der Waals surface area contributed by atoms with Crippen LogP contribution >= 0.6 is 0 Å². The topological polar surface area (TPSA) is 43.3 Å². The first kappa shape index (κ1) is 9.78. The third kappa shape index (κ3) is 1.19. The molecule has 16 heavy (non-hydrogen) atoms. The molecule has 84 valence electrons. The summed E-state index contributed by atoms with van der Waals surface area (Å²) in [4.78, 5) is 4.42. The molecule has 0 bridgehead atoms. The number of pyridine rings is 1. The molecule has 0 saturated heterocycles. The fraction of sp³-hybridized carbons (Fsp3) is 0.417. The van der Waals surface area contributed by atoms with Gasteiger partial charge >= 0.3 is 0 Å². The first-order valence-corrected chi connectivity index (χ1v) is 5.58. The van der Waals surface area contributed by atoms with E-state index in [4.69, 9.17) is 5.73 Å². The minimum absolute atomic E-state index is 0.0276. The van der Waals surface area contributed by atoms with Crippen molar-refractivity contribution >= 4 is 5.52 Å². The Morgan fingerprint density at radius 2 is 2.25 bits per heavy atom. The highest BCUT2D eigenvalue weighted by atomic mass is 19.1. The van der Waals surface area contributed by atoms with E-state index in [1.165, 1.54) is 18.7 Å². The molecule has 0 aliphatic heterocycles. The van der Waals surface area contributed by atoms with Crippen LogP contribution in [0.25, 0.3) is 5.52 Å². The lowest BCUT2D eigenvalue weighted by Crippen LogP contribution is -2.43. The number of hydrogen-bond acceptors (Lipinski definition) is 2. The van der Waals surface area contributed by atoms with Gasteiger partial charge in [-0.1, -0.05) is 6.42 Å². The highest BCUT2D eigenvalue weighted by molar-refractivity contribution is 5.47. The zero-order valence-electron chi connectivity index (χ0n) is 8.99. The molecule has 3 nitrogen and oxygen atoms in total. The Bertz CT molecular complexity index is 523. The van der Waals surface area contributed by atoms with Crippen LogP contribution in [0.4, 0.5) is 4.39 Å². The lowest BCUT2D eigenvalue weighted by molar-refractivity contribution is 0.237. The predicted molar refractivity (Wildman–Crippen MR) is 59.7 cm³/mol. The SMILES string of the molecule is NCC1(c2ncc3ccc(F)cn23)CCC1. The number of fused-ring (bicyclic) bond motifs is 1. The van der Waals surface area contributed by atoms with Gasteiger partial charge in [-0.3, -0.25) is 0 Å². The third-order valence-corrected chi connectivity index (χ3v) is 3.67. The molecule has 0 unspecified atom stereocenters. The second-order valence-corrected chi connectivity index (χ2v) is 4.56. The van der Waals surface area contributed by atoms with Gasteiger partial charge in [0.1, 0.15) is 11.6 Å². The van der Waals surface area contributed by atoms with E-state index in [0.717, 1.165) is 24.2 Å². The second-order valence-electron chi connectivity index (χ2n) is 4.56. The van der Waals surface area contributed by atoms with Gasteiger partial charge in [0.05, 0.1) is 11.7 Å². The molecule has 1 saturated carbocycles. The van der Waals surface area contributed by atoms with Crippen molar-refractivity contribution in [1.29, 1.82) is 0 Å². The Hall–Kier alpha value is -1.42. The Labute approximate surface area is 93.1 Å². The van der Waals surface area contributed by atoms with Crippen LogP contribution in [0.5, 0.6) is 0 Å². The summed E-state index contributed by atoms with van der Waals surface area (Å²) in [5.41, 5.74) is 6.74. The number of nitrogens with zero attached hydrogens (tertiary/aromatic N) is 2. The van der Waals surface area contributed by atoms with E-state index in [9.17, 15) is 4.39 Å². The van der Waals surface area contributed by atoms with E-state index in [2.05, 4.69) is 4.98 Å². The van der Waals surface area contributed by atoms with Gasteiger partial charge in [-0.2, -0.15) is 0 Å². The quantitative estimate of drug-likeness (QED) is 0.837. The van der Waals surface area contributed by atoms with Crippen LogP contribution < -0.4 is 5.73 Å². The fourth-order valence-electron chi connectivity index (χ4n) is 2.48. The molecule has 1 aliphatic carbocycles. The molecule has 0 amide bonds. The summed E-state index contributed by atoms with van der Waals surface area (Å²) in [6.45, 7) is 0.586. The molecule has 1 fully saturated rings. The van der Waals surface area contributed by atoms with Gasteiger partial charge in [0.2, 0.25) is 0 Å². The molecule has 0 radical (unpaired) electrons. The minimum Gasteiger partial charge on any atom is -0.329 e. The van der Waals surface area contributed by atoms with Gasteiger partial charge in [-0.15, -0.1) is 0 Å². The maximum absolute atomic E-state index is 13.2. The summed E-state index contributed by atoms with van der Waals surface area (Å²) < 4.78 is 15.1. The summed E-state index contributed by atoms with van der Waals surface area (Å²) in [6, 6.07) is 3.20. The van der Waals surface area contributed by atoms with Crippen molar-refractivity contribution in [3.8, 4) is 0 Å². The summed E-state index contributed by atoms with van der Waals surface area (Å²) in [7, 11) is 0. The van der Waals surface area contributed by atoms with Crippen LogP contribution in [-0.4, -0.2) is 15.9 Å². The summed E-state index contributed by atoms with van der Waals surface area (Å²) in [5.74, 6) is 0.675. The van der Waals surface area contributed by atoms with Crippen LogP contribution in [0, 0.1) is 5.82 Å². The van der Waals surface area contributed by atoms with E-state index in [0.29, 0.717) is 6.54 Å². The molecule has 1 aliphatic rings. The predicted octanol–water partition coefficient (Wildman–Crippen LogP) is 1.85. The smallest absolute Gasteiger partial charge is 0.139 e. The molecule has 4 heteroatoms. The van der Waals surface area contributed by atoms with Crippen LogP contribution in [0.3, 0.4) is 0 Å². The maximum atomic E-state index is 13.2. The van der Waals surface area contributed by atoms with E-state index in [-0.39, 0.29) is 11.2 Å². The largest absolute Gasteiger partial charge is 0.329 e. The summed E-state index contributed by atoms with van der Waals surface area (Å²) in [5, 5.41) is 0. The summed E-state index contributed by atoms with van der Waals surface area (Å²) >= 11 is 0. The average molecular weight is 219 g/mol. The van der Waals surface area contributed by atoms with Gasteiger partial charge in [0.25, 0.3) is 0 Å². The Morgan fingerprint density at radius 1 is 1.44 bits per heavy atom. The minimum atomic E-state index is -0.238. The molecule has 0 aromatic carbocycles. The molecular weight excluding hydrogens is 205 g/mol. The standard InChI is InChI=1S/C12H14FN3/c13-9-2-3-10-6-15-11(16(10)7-9)12(8-14)4-1-5-12/h2-3,6-7H,1,4-5,8,14H2. The normalized spacial score (nSPS) is 18.6. The van der Waals surface area contributed by atoms with Gasteiger partial charge in [-0.25, -0.2) is 9.37 Å². The van der Waals surface area contributed by atoms with Crippen molar-refractivity contribution in [3.63, 3.8) is 0 Å². The molecule has 2 aromatic rings. The molecule has 0 atom stereocenters. The van der Waals surface area contributed by atoms with Gasteiger partial charge in [-0.05, 0) is 25.0 Å². The van der Waals surface area contributed by atoms with E-state index in [1.807, 2.05) is 4.40 Å². The maximum Gasteiger partial charge on any atom is 0.139 e. The van der Waals surface area contributed by atoms with Crippen molar-refractivity contribution in [2.75, 3.05) is 6.54 Å². The zero-order valence-corrected chi connectivity index (χ0v) is 8.99. The van der Waals surface area contributed by atoms with Gasteiger partial charge < -0.3 is 10.1 Å². The van der Waals surface area contributed by atoms with Crippen molar-refractivity contribution in [2.24, 2.45) is 5.73 Å². The molecule has 3 rings (SSSR count). The van der Waals surface area contributed by atoms with Crippen molar-refractivity contribution in [1.82, 2.24) is 9.38 Å². The zero-order chi connectivity index (χ0) is 11.2. The summed E-state index contributed by atoms with van der Waals surface area (Å²) in [6.07, 6.45) is 6.57. The first-order valence-electron chi connectivity index (χ1n) is 5.58. The monoisotopic (exact) mass is 219 g/mol. The van der Waals surface area contributed by atoms with Crippen LogP contribution in [0.15, 0.2) is 24.5 Å². The number of halogens is 1. The van der Waals surface area contributed by atoms with E-state index in [1.54, 1.807) is 12.3 Å². The molecular formula is C12H14FN3. The average Bonchev–Trinajstić information content (AvgIpc) is 2.61. The molecule has 2 N–H and O–H groups in total. The number of hydrogen-bond donors (Lipinski definition) is 1. The third-order valence-electron chi connectivity index (χ3n) is 3.67. The number of aromatic nitrogens is 2. The van der Waals surface area contributed by atoms with Gasteiger partial charge in [0.15, 0.2) is 0 Å². The molecule has 0 spiro atoms. The van der Waals surface area contributed by atoms with Crippen molar-refractivity contribution < 1.29 is 4.39 Å². The van der Waals surface area contributed by atoms with Crippen LogP contribution in [0.2, 0.25) is 0 Å². The highest BCUT2D eigenvalue weighted by Gasteiger charge is 2.40. The lowest BCUT2D eigenvalue weighted by atomic mass is 9.68. The highest BCUT2D eigenvalue weighted by Crippen LogP contribution is 2.42. The Kier molecular flexibility index (Phi) is 2.01. The fourth-order valence-corrected chi connectivity index (χ4v) is 2.48. The van der Waals surface area contributed by atoms with Gasteiger partial charge in [0, 0.05) is 18.2 Å². The Balaban J connectivity index is 2.19. The lowest BCUT2D eigenvalue weighted by Gasteiger charge is -2.39. The molecule has 2 heterocycles. The van der Waals surface area contributed by atoms with E-state index >= 15 is 0 Å². The van der Waals surface area contributed by atoms with Crippen LogP contribution in [-0.2, 0) is 5.41 Å². The number of rotatable bonds is 2. The molecule has 2 aromatic heterocycles. The van der Waals surface area contributed by atoms with Crippen molar-refractivity contribution in [3.05, 3.63) is 36.2 Å². The Morgan fingerprint density at radius 3 is 2.88 bits per heavy atom. The van der Waals surface area contributed by atoms with E-state index < -0.39 is 0 Å². The van der Waals surface area contributed by atoms with Crippen LogP contribution in [0.1, 0.15) is 25.1 Å². The second kappa shape index (κ2) is 3.28. The van der Waals surface area contributed by atoms with Crippen molar-refractivity contribution in [2.45, 2.75) is 24.7 Å². The first-order chi connectivity index (χ1) is 7.75.